The Labute approximate surface area is 166 Å². The van der Waals surface area contributed by atoms with Crippen molar-refractivity contribution in [1.82, 2.24) is 5.32 Å². The lowest BCUT2D eigenvalue weighted by Gasteiger charge is -2.19. The summed E-state index contributed by atoms with van der Waals surface area (Å²) in [7, 11) is 0. The third-order valence-corrected chi connectivity index (χ3v) is 4.37. The van der Waals surface area contributed by atoms with E-state index in [1.807, 2.05) is 37.3 Å². The summed E-state index contributed by atoms with van der Waals surface area (Å²) in [5.41, 5.74) is 1.44. The first-order valence-corrected chi connectivity index (χ1v) is 9.24. The highest BCUT2D eigenvalue weighted by Crippen LogP contribution is 2.29. The largest absolute Gasteiger partial charge is 0.548 e. The number of carboxylic acid groups (broad SMARTS) is 1. The minimum Gasteiger partial charge on any atom is -0.548 e. The Kier molecular flexibility index (Phi) is 6.29. The molecule has 0 aliphatic carbocycles. The molecule has 0 aliphatic rings. The first-order valence-electron chi connectivity index (χ1n) is 9.24. The second-order valence-electron chi connectivity index (χ2n) is 6.52. The fraction of sp³-hybridized carbons (Fsp3) is 0.227. The minimum atomic E-state index is -1.33. The molecule has 1 N–H and O–H groups in total. The van der Waals surface area contributed by atoms with Gasteiger partial charge in [-0.15, -0.1) is 0 Å². The molecule has 2 aromatic carbocycles. The Morgan fingerprint density at radius 1 is 1.14 bits per heavy atom. The Balaban J connectivity index is 1.77. The average molecular weight is 394 g/mol. The number of ether oxygens (including phenoxy) is 1. The monoisotopic (exact) mass is 394 g/mol. The number of fused-ring (bicyclic) bond motifs is 1. The van der Waals surface area contributed by atoms with Crippen LogP contribution in [0.4, 0.5) is 0 Å². The average Bonchev–Trinajstić information content (AvgIpc) is 2.71. The maximum Gasteiger partial charge on any atom is 0.336 e. The van der Waals surface area contributed by atoms with Crippen LogP contribution in [0.2, 0.25) is 0 Å². The summed E-state index contributed by atoms with van der Waals surface area (Å²) in [5.74, 6) is -1.59. The molecule has 0 spiro atoms. The normalized spacial score (nSPS) is 11.8. The second kappa shape index (κ2) is 9.05. The van der Waals surface area contributed by atoms with E-state index in [-0.39, 0.29) is 13.0 Å². The standard InChI is InChI=1S/C22H21NO6/c1-2-6-18(22(26)27)23-20(24)13-28-15-9-10-16-17(14-7-4-3-5-8-14)12-21(25)29-19(16)11-15/h3-5,7-12,18H,2,6,13H2,1H3,(H,23,24)(H,26,27)/p-1/t18-/m1/s1. The summed E-state index contributed by atoms with van der Waals surface area (Å²) in [5, 5.41) is 14.1. The number of carboxylic acids is 1. The number of nitrogens with one attached hydrogen (secondary N) is 1. The Morgan fingerprint density at radius 2 is 1.90 bits per heavy atom. The van der Waals surface area contributed by atoms with E-state index in [0.717, 1.165) is 16.5 Å². The Hall–Kier alpha value is -3.61. The summed E-state index contributed by atoms with van der Waals surface area (Å²) in [6.45, 7) is 1.44. The van der Waals surface area contributed by atoms with E-state index in [9.17, 15) is 19.5 Å². The molecule has 1 atom stereocenters. The van der Waals surface area contributed by atoms with Crippen LogP contribution >= 0.6 is 0 Å². The van der Waals surface area contributed by atoms with Crippen LogP contribution in [-0.2, 0) is 9.59 Å². The molecule has 1 heterocycles. The van der Waals surface area contributed by atoms with Crippen LogP contribution in [0.3, 0.4) is 0 Å². The van der Waals surface area contributed by atoms with Crippen LogP contribution in [0.1, 0.15) is 19.8 Å². The van der Waals surface area contributed by atoms with Crippen molar-refractivity contribution < 1.29 is 23.8 Å². The number of amides is 1. The van der Waals surface area contributed by atoms with Gasteiger partial charge in [-0.1, -0.05) is 43.7 Å². The van der Waals surface area contributed by atoms with E-state index in [2.05, 4.69) is 5.32 Å². The molecular weight excluding hydrogens is 374 g/mol. The van der Waals surface area contributed by atoms with Gasteiger partial charge in [0.25, 0.3) is 5.91 Å². The molecule has 0 unspecified atom stereocenters. The van der Waals surface area contributed by atoms with E-state index in [4.69, 9.17) is 9.15 Å². The molecule has 1 amide bonds. The summed E-state index contributed by atoms with van der Waals surface area (Å²) in [6.07, 6.45) is 0.866. The van der Waals surface area contributed by atoms with Gasteiger partial charge in [0, 0.05) is 17.5 Å². The van der Waals surface area contributed by atoms with Gasteiger partial charge < -0.3 is 24.4 Å². The van der Waals surface area contributed by atoms with Gasteiger partial charge in [0.2, 0.25) is 0 Å². The molecule has 3 aromatic rings. The molecular formula is C22H20NO6-. The lowest BCUT2D eigenvalue weighted by Crippen LogP contribution is -2.49. The fourth-order valence-corrected chi connectivity index (χ4v) is 3.01. The van der Waals surface area contributed by atoms with Crippen LogP contribution in [-0.4, -0.2) is 24.5 Å². The smallest absolute Gasteiger partial charge is 0.336 e. The number of carbonyl (C=O) groups is 2. The van der Waals surface area contributed by atoms with Gasteiger partial charge in [0.1, 0.15) is 11.3 Å². The third-order valence-electron chi connectivity index (χ3n) is 4.37. The highest BCUT2D eigenvalue weighted by molar-refractivity contribution is 5.93. The van der Waals surface area contributed by atoms with Crippen molar-refractivity contribution in [2.24, 2.45) is 0 Å². The zero-order chi connectivity index (χ0) is 20.8. The highest BCUT2D eigenvalue weighted by Gasteiger charge is 2.14. The number of hydrogen-bond acceptors (Lipinski definition) is 6. The van der Waals surface area contributed by atoms with Gasteiger partial charge in [-0.3, -0.25) is 4.79 Å². The van der Waals surface area contributed by atoms with E-state index in [1.54, 1.807) is 12.1 Å². The Bertz CT molecular complexity index is 1070. The highest BCUT2D eigenvalue weighted by atomic mass is 16.5. The van der Waals surface area contributed by atoms with Crippen molar-refractivity contribution >= 4 is 22.8 Å². The molecule has 0 saturated carbocycles. The summed E-state index contributed by atoms with van der Waals surface area (Å²) < 4.78 is 10.7. The van der Waals surface area contributed by atoms with Gasteiger partial charge in [-0.25, -0.2) is 4.79 Å². The van der Waals surface area contributed by atoms with E-state index < -0.39 is 23.5 Å². The predicted octanol–water partition coefficient (Wildman–Crippen LogP) is 1.87. The molecule has 7 heteroatoms. The van der Waals surface area contributed by atoms with Gasteiger partial charge in [0.05, 0.1) is 12.0 Å². The second-order valence-corrected chi connectivity index (χ2v) is 6.52. The Morgan fingerprint density at radius 3 is 2.59 bits per heavy atom. The van der Waals surface area contributed by atoms with Crippen molar-refractivity contribution in [3.05, 3.63) is 65.0 Å². The van der Waals surface area contributed by atoms with Crippen LogP contribution < -0.4 is 20.8 Å². The summed E-state index contributed by atoms with van der Waals surface area (Å²) >= 11 is 0. The molecule has 7 nitrogen and oxygen atoms in total. The molecule has 0 saturated heterocycles. The van der Waals surface area contributed by atoms with Gasteiger partial charge in [-0.2, -0.15) is 0 Å². The van der Waals surface area contributed by atoms with Crippen LogP contribution in [0.25, 0.3) is 22.1 Å². The predicted molar refractivity (Wildman–Crippen MR) is 105 cm³/mol. The quantitative estimate of drug-likeness (QED) is 0.584. The molecule has 3 rings (SSSR count). The SMILES string of the molecule is CCC[C@@H](NC(=O)COc1ccc2c(-c3ccccc3)cc(=O)oc2c1)C(=O)[O-]. The summed E-state index contributed by atoms with van der Waals surface area (Å²) in [6, 6.07) is 14.7. The first kappa shape index (κ1) is 20.1. The molecule has 150 valence electrons. The van der Waals surface area contributed by atoms with Crippen molar-refractivity contribution in [3.8, 4) is 16.9 Å². The number of benzene rings is 2. The summed E-state index contributed by atoms with van der Waals surface area (Å²) in [4.78, 5) is 34.9. The number of hydrogen-bond donors (Lipinski definition) is 1. The molecule has 0 bridgehead atoms. The zero-order valence-corrected chi connectivity index (χ0v) is 15.8. The van der Waals surface area contributed by atoms with Crippen molar-refractivity contribution in [3.63, 3.8) is 0 Å². The first-order chi connectivity index (χ1) is 14.0. The number of rotatable bonds is 8. The lowest BCUT2D eigenvalue weighted by molar-refractivity contribution is -0.308. The molecule has 1 aromatic heterocycles. The lowest BCUT2D eigenvalue weighted by atomic mass is 10.0. The fourth-order valence-electron chi connectivity index (χ4n) is 3.01. The van der Waals surface area contributed by atoms with Gasteiger partial charge >= 0.3 is 5.63 Å². The van der Waals surface area contributed by atoms with Crippen molar-refractivity contribution in [1.29, 1.82) is 0 Å². The van der Waals surface area contributed by atoms with E-state index >= 15 is 0 Å². The number of aliphatic carboxylic acids is 1. The minimum absolute atomic E-state index is 0.275. The van der Waals surface area contributed by atoms with Crippen LogP contribution in [0.15, 0.2) is 63.8 Å². The van der Waals surface area contributed by atoms with Crippen molar-refractivity contribution in [2.75, 3.05) is 6.61 Å². The maximum atomic E-state index is 12.0. The number of carbonyl (C=O) groups excluding carboxylic acids is 2. The van der Waals surface area contributed by atoms with E-state index in [1.165, 1.54) is 12.1 Å². The van der Waals surface area contributed by atoms with Crippen molar-refractivity contribution in [2.45, 2.75) is 25.8 Å². The molecule has 29 heavy (non-hydrogen) atoms. The molecule has 0 aliphatic heterocycles. The van der Waals surface area contributed by atoms with Crippen LogP contribution in [0, 0.1) is 0 Å². The van der Waals surface area contributed by atoms with Crippen LogP contribution in [0.5, 0.6) is 5.75 Å². The topological polar surface area (TPSA) is 109 Å². The molecule has 0 fully saturated rings. The third kappa shape index (κ3) is 5.01. The maximum absolute atomic E-state index is 12.0. The van der Waals surface area contributed by atoms with Gasteiger partial charge in [-0.05, 0) is 29.7 Å². The van der Waals surface area contributed by atoms with E-state index in [0.29, 0.717) is 17.8 Å². The van der Waals surface area contributed by atoms with Gasteiger partial charge in [0.15, 0.2) is 6.61 Å². The molecule has 0 radical (unpaired) electrons. The zero-order valence-electron chi connectivity index (χ0n) is 15.8.